The molecule has 1 atom stereocenters. The summed E-state index contributed by atoms with van der Waals surface area (Å²) in [5.41, 5.74) is 2.23. The molecule has 0 N–H and O–H groups in total. The third-order valence-corrected chi connectivity index (χ3v) is 8.49. The van der Waals surface area contributed by atoms with Gasteiger partial charge in [0.05, 0.1) is 29.1 Å². The highest BCUT2D eigenvalue weighted by molar-refractivity contribution is 7.99. The molecule has 1 saturated carbocycles. The average molecular weight is 448 g/mol. The number of aromatic nitrogens is 2. The number of carbonyl (C=O) groups excluding carboxylic acids is 1. The minimum absolute atomic E-state index is 0.0159. The lowest BCUT2D eigenvalue weighted by Gasteiger charge is -2.28. The Hall–Kier alpha value is -1.80. The minimum atomic E-state index is -3.02. The van der Waals surface area contributed by atoms with E-state index in [2.05, 4.69) is 28.6 Å². The van der Waals surface area contributed by atoms with Gasteiger partial charge in [-0.3, -0.25) is 4.79 Å². The largest absolute Gasteiger partial charge is 0.338 e. The molecule has 2 fully saturated rings. The number of amides is 1. The molecule has 6 nitrogen and oxygen atoms in total. The van der Waals surface area contributed by atoms with Crippen LogP contribution >= 0.6 is 11.8 Å². The van der Waals surface area contributed by atoms with Gasteiger partial charge in [-0.15, -0.1) is 0 Å². The Morgan fingerprint density at radius 2 is 2.00 bits per heavy atom. The van der Waals surface area contributed by atoms with E-state index in [4.69, 9.17) is 0 Å². The number of hydrogen-bond acceptors (Lipinski definition) is 5. The van der Waals surface area contributed by atoms with Crippen LogP contribution in [0.2, 0.25) is 0 Å². The van der Waals surface area contributed by atoms with Gasteiger partial charge < -0.3 is 9.47 Å². The maximum absolute atomic E-state index is 13.1. The van der Waals surface area contributed by atoms with Crippen molar-refractivity contribution in [3.63, 3.8) is 0 Å². The standard InChI is InChI=1S/C22H29N3O3S2/c1-2-3-12-24(19-11-13-30(27,28)16-19)21(26)15-29-22-23-14-20(25(22)18-9-10-18)17-7-5-4-6-8-17/h4-8,14,18-19H,2-3,9-13,15-16H2,1H3. The predicted octanol–water partition coefficient (Wildman–Crippen LogP) is 3.79. The summed E-state index contributed by atoms with van der Waals surface area (Å²) >= 11 is 1.47. The van der Waals surface area contributed by atoms with Crippen LogP contribution in [0.15, 0.2) is 41.7 Å². The van der Waals surface area contributed by atoms with Gasteiger partial charge >= 0.3 is 0 Å². The molecule has 162 valence electrons. The second kappa shape index (κ2) is 9.14. The summed E-state index contributed by atoms with van der Waals surface area (Å²) < 4.78 is 26.1. The van der Waals surface area contributed by atoms with Gasteiger partial charge in [0.1, 0.15) is 0 Å². The maximum atomic E-state index is 13.1. The van der Waals surface area contributed by atoms with E-state index in [1.54, 1.807) is 0 Å². The van der Waals surface area contributed by atoms with Crippen molar-refractivity contribution >= 4 is 27.5 Å². The van der Waals surface area contributed by atoms with E-state index >= 15 is 0 Å². The molecule has 2 aromatic rings. The Labute approximate surface area is 183 Å². The number of benzene rings is 1. The molecule has 30 heavy (non-hydrogen) atoms. The molecule has 1 aliphatic carbocycles. The molecule has 1 amide bonds. The first-order chi connectivity index (χ1) is 14.5. The van der Waals surface area contributed by atoms with Crippen LogP contribution in [-0.4, -0.2) is 58.6 Å². The fourth-order valence-corrected chi connectivity index (χ4v) is 6.69. The Bertz CT molecular complexity index is 984. The number of thioether (sulfide) groups is 1. The molecule has 2 heterocycles. The van der Waals surface area contributed by atoms with Crippen molar-refractivity contribution in [2.45, 2.75) is 56.3 Å². The van der Waals surface area contributed by atoms with E-state index in [9.17, 15) is 13.2 Å². The molecular weight excluding hydrogens is 418 g/mol. The molecule has 4 rings (SSSR count). The SMILES string of the molecule is CCCCN(C(=O)CSc1ncc(-c2ccccc2)n1C1CC1)C1CCS(=O)(=O)C1. The summed E-state index contributed by atoms with van der Waals surface area (Å²) in [6.45, 7) is 2.71. The van der Waals surface area contributed by atoms with E-state index in [1.165, 1.54) is 11.8 Å². The molecule has 1 aromatic heterocycles. The third kappa shape index (κ3) is 4.91. The lowest BCUT2D eigenvalue weighted by atomic mass is 10.2. The van der Waals surface area contributed by atoms with E-state index in [0.29, 0.717) is 19.0 Å². The van der Waals surface area contributed by atoms with Crippen LogP contribution in [0.25, 0.3) is 11.3 Å². The first kappa shape index (κ1) is 21.4. The Morgan fingerprint density at radius 3 is 2.63 bits per heavy atom. The smallest absolute Gasteiger partial charge is 0.233 e. The van der Waals surface area contributed by atoms with Gasteiger partial charge in [0, 0.05) is 18.6 Å². The monoisotopic (exact) mass is 447 g/mol. The molecule has 0 radical (unpaired) electrons. The summed E-state index contributed by atoms with van der Waals surface area (Å²) in [5.74, 6) is 0.593. The van der Waals surface area contributed by atoms with Crippen molar-refractivity contribution in [2.75, 3.05) is 23.8 Å². The Kier molecular flexibility index (Phi) is 6.53. The summed E-state index contributed by atoms with van der Waals surface area (Å²) in [7, 11) is -3.02. The van der Waals surface area contributed by atoms with Gasteiger partial charge in [0.15, 0.2) is 15.0 Å². The van der Waals surface area contributed by atoms with Crippen LogP contribution in [-0.2, 0) is 14.6 Å². The molecule has 0 bridgehead atoms. The predicted molar refractivity (Wildman–Crippen MR) is 120 cm³/mol. The number of rotatable bonds is 9. The first-order valence-corrected chi connectivity index (χ1v) is 13.5. The zero-order valence-electron chi connectivity index (χ0n) is 17.4. The second-order valence-electron chi connectivity index (χ2n) is 8.18. The van der Waals surface area contributed by atoms with E-state index in [-0.39, 0.29) is 29.2 Å². The topological polar surface area (TPSA) is 72.3 Å². The van der Waals surface area contributed by atoms with Gasteiger partial charge in [0.2, 0.25) is 5.91 Å². The molecule has 1 aromatic carbocycles. The van der Waals surface area contributed by atoms with Crippen LogP contribution in [0, 0.1) is 0 Å². The average Bonchev–Trinajstić information content (AvgIpc) is 3.39. The van der Waals surface area contributed by atoms with Crippen LogP contribution in [0.1, 0.15) is 45.1 Å². The zero-order valence-corrected chi connectivity index (χ0v) is 19.0. The molecule has 1 unspecified atom stereocenters. The van der Waals surface area contributed by atoms with Crippen molar-refractivity contribution < 1.29 is 13.2 Å². The fraction of sp³-hybridized carbons (Fsp3) is 0.545. The van der Waals surface area contributed by atoms with Gasteiger partial charge in [-0.25, -0.2) is 13.4 Å². The highest BCUT2D eigenvalue weighted by atomic mass is 32.2. The molecule has 1 saturated heterocycles. The number of nitrogens with zero attached hydrogens (tertiary/aromatic N) is 3. The van der Waals surface area contributed by atoms with Crippen molar-refractivity contribution in [3.8, 4) is 11.3 Å². The van der Waals surface area contributed by atoms with Crippen molar-refractivity contribution in [3.05, 3.63) is 36.5 Å². The molecule has 2 aliphatic rings. The number of hydrogen-bond donors (Lipinski definition) is 0. The van der Waals surface area contributed by atoms with E-state index in [1.807, 2.05) is 29.3 Å². The second-order valence-corrected chi connectivity index (χ2v) is 11.4. The highest BCUT2D eigenvalue weighted by Crippen LogP contribution is 2.42. The zero-order chi connectivity index (χ0) is 21.1. The Morgan fingerprint density at radius 1 is 1.23 bits per heavy atom. The number of imidazole rings is 1. The van der Waals surface area contributed by atoms with Gasteiger partial charge in [0.25, 0.3) is 0 Å². The molecule has 0 spiro atoms. The molecule has 8 heteroatoms. The summed E-state index contributed by atoms with van der Waals surface area (Å²) in [6.07, 6.45) is 6.60. The number of sulfone groups is 1. The van der Waals surface area contributed by atoms with Crippen LogP contribution in [0.4, 0.5) is 0 Å². The normalized spacial score (nSPS) is 20.4. The van der Waals surface area contributed by atoms with Crippen LogP contribution in [0.3, 0.4) is 0 Å². The lowest BCUT2D eigenvalue weighted by Crippen LogP contribution is -2.42. The third-order valence-electron chi connectivity index (χ3n) is 5.79. The van der Waals surface area contributed by atoms with E-state index in [0.717, 1.165) is 42.1 Å². The van der Waals surface area contributed by atoms with Gasteiger partial charge in [-0.1, -0.05) is 55.4 Å². The van der Waals surface area contributed by atoms with E-state index < -0.39 is 9.84 Å². The molecule has 1 aliphatic heterocycles. The molecular formula is C22H29N3O3S2. The van der Waals surface area contributed by atoms with Gasteiger partial charge in [-0.05, 0) is 31.2 Å². The summed E-state index contributed by atoms with van der Waals surface area (Å²) in [4.78, 5) is 19.5. The maximum Gasteiger partial charge on any atom is 0.233 e. The highest BCUT2D eigenvalue weighted by Gasteiger charge is 2.35. The van der Waals surface area contributed by atoms with Crippen LogP contribution < -0.4 is 0 Å². The van der Waals surface area contributed by atoms with Crippen molar-refractivity contribution in [1.29, 1.82) is 0 Å². The fourth-order valence-electron chi connectivity index (χ4n) is 4.03. The first-order valence-electron chi connectivity index (χ1n) is 10.7. The Balaban J connectivity index is 1.48. The summed E-state index contributed by atoms with van der Waals surface area (Å²) in [5, 5.41) is 0.874. The number of unbranched alkanes of at least 4 members (excludes halogenated alkanes) is 1. The van der Waals surface area contributed by atoms with Gasteiger partial charge in [-0.2, -0.15) is 0 Å². The quantitative estimate of drug-likeness (QED) is 0.547. The van der Waals surface area contributed by atoms with Crippen molar-refractivity contribution in [2.24, 2.45) is 0 Å². The van der Waals surface area contributed by atoms with Crippen LogP contribution in [0.5, 0.6) is 0 Å². The minimum Gasteiger partial charge on any atom is -0.338 e. The van der Waals surface area contributed by atoms with Crippen molar-refractivity contribution in [1.82, 2.24) is 14.5 Å². The summed E-state index contributed by atoms with van der Waals surface area (Å²) in [6, 6.07) is 10.5. The number of carbonyl (C=O) groups is 1. The lowest BCUT2D eigenvalue weighted by molar-refractivity contribution is -0.130.